The molecule has 2 N–H and O–H groups in total. The first-order valence-corrected chi connectivity index (χ1v) is 7.23. The predicted molar refractivity (Wildman–Crippen MR) is 75.3 cm³/mol. The van der Waals surface area contributed by atoms with E-state index >= 15 is 0 Å². The molecule has 1 aliphatic heterocycles. The molecule has 104 valence electrons. The Bertz CT molecular complexity index is 444. The zero-order valence-corrected chi connectivity index (χ0v) is 11.6. The molecule has 0 radical (unpaired) electrons. The Morgan fingerprint density at radius 2 is 2.16 bits per heavy atom. The van der Waals surface area contributed by atoms with E-state index in [1.54, 1.807) is 7.11 Å². The van der Waals surface area contributed by atoms with E-state index in [9.17, 15) is 0 Å². The van der Waals surface area contributed by atoms with Crippen LogP contribution in [0.4, 0.5) is 0 Å². The van der Waals surface area contributed by atoms with E-state index in [1.807, 2.05) is 12.1 Å². The maximum Gasteiger partial charge on any atom is 0.122 e. The van der Waals surface area contributed by atoms with Gasteiger partial charge in [-0.05, 0) is 43.2 Å². The van der Waals surface area contributed by atoms with E-state index in [0.29, 0.717) is 12.6 Å². The van der Waals surface area contributed by atoms with Gasteiger partial charge in [-0.15, -0.1) is 0 Å². The first-order valence-electron chi connectivity index (χ1n) is 7.23. The lowest BCUT2D eigenvalue weighted by atomic mass is 9.74. The molecule has 0 spiro atoms. The summed E-state index contributed by atoms with van der Waals surface area (Å²) in [6, 6.07) is 8.27. The molecule has 2 unspecified atom stereocenters. The van der Waals surface area contributed by atoms with Crippen molar-refractivity contribution in [2.45, 2.75) is 31.8 Å². The molecule has 0 aromatic heterocycles. The lowest BCUT2D eigenvalue weighted by Crippen LogP contribution is -2.41. The van der Waals surface area contributed by atoms with Crippen LogP contribution in [0.2, 0.25) is 0 Å². The van der Waals surface area contributed by atoms with Gasteiger partial charge < -0.3 is 15.2 Å². The summed E-state index contributed by atoms with van der Waals surface area (Å²) < 4.78 is 11.5. The molecule has 3 nitrogen and oxygen atoms in total. The van der Waals surface area contributed by atoms with Gasteiger partial charge in [0.15, 0.2) is 0 Å². The summed E-state index contributed by atoms with van der Waals surface area (Å²) in [6.07, 6.45) is 5.00. The quantitative estimate of drug-likeness (QED) is 0.885. The van der Waals surface area contributed by atoms with Gasteiger partial charge in [0.05, 0.1) is 13.2 Å². The number of nitrogens with two attached hydrogens (primary N) is 1. The van der Waals surface area contributed by atoms with Gasteiger partial charge in [-0.1, -0.05) is 18.2 Å². The smallest absolute Gasteiger partial charge is 0.122 e. The van der Waals surface area contributed by atoms with Crippen molar-refractivity contribution in [2.75, 3.05) is 20.3 Å². The highest BCUT2D eigenvalue weighted by Crippen LogP contribution is 2.49. The summed E-state index contributed by atoms with van der Waals surface area (Å²) in [5.41, 5.74) is 7.51. The second-order valence-corrected chi connectivity index (χ2v) is 5.93. The molecule has 1 aliphatic carbocycles. The van der Waals surface area contributed by atoms with Crippen LogP contribution in [0, 0.1) is 11.3 Å². The molecule has 2 fully saturated rings. The Morgan fingerprint density at radius 3 is 2.84 bits per heavy atom. The minimum atomic E-state index is 0.107. The highest BCUT2D eigenvalue weighted by molar-refractivity contribution is 5.34. The Morgan fingerprint density at radius 1 is 1.37 bits per heavy atom. The number of methoxy groups -OCH3 is 1. The van der Waals surface area contributed by atoms with Crippen molar-refractivity contribution in [3.05, 3.63) is 29.8 Å². The Labute approximate surface area is 115 Å². The van der Waals surface area contributed by atoms with Gasteiger partial charge in [0, 0.05) is 18.6 Å². The minimum absolute atomic E-state index is 0.107. The standard InChI is InChI=1S/C16H23NO2/c1-18-14-5-3-2-4-13(14)10-16(11-17)8-9-19-15(16)12-6-7-12/h2-5,12,15H,6-11,17H2,1H3. The van der Waals surface area contributed by atoms with Crippen LogP contribution in [0.1, 0.15) is 24.8 Å². The Balaban J connectivity index is 1.86. The van der Waals surface area contributed by atoms with Crippen LogP contribution in [0.15, 0.2) is 24.3 Å². The number of hydrogen-bond donors (Lipinski definition) is 1. The van der Waals surface area contributed by atoms with Crippen molar-refractivity contribution in [3.8, 4) is 5.75 Å². The van der Waals surface area contributed by atoms with Gasteiger partial charge in [-0.25, -0.2) is 0 Å². The minimum Gasteiger partial charge on any atom is -0.496 e. The van der Waals surface area contributed by atoms with Crippen LogP contribution in [-0.2, 0) is 11.2 Å². The summed E-state index contributed by atoms with van der Waals surface area (Å²) >= 11 is 0. The Hall–Kier alpha value is -1.06. The third-order valence-corrected chi connectivity index (χ3v) is 4.69. The van der Waals surface area contributed by atoms with Crippen LogP contribution in [0.25, 0.3) is 0 Å². The summed E-state index contributed by atoms with van der Waals surface area (Å²) in [6.45, 7) is 1.56. The summed E-state index contributed by atoms with van der Waals surface area (Å²) in [4.78, 5) is 0. The highest BCUT2D eigenvalue weighted by Gasteiger charge is 2.50. The fraction of sp³-hybridized carbons (Fsp3) is 0.625. The van der Waals surface area contributed by atoms with E-state index in [4.69, 9.17) is 15.2 Å². The van der Waals surface area contributed by atoms with Crippen LogP contribution in [0.3, 0.4) is 0 Å². The van der Waals surface area contributed by atoms with E-state index in [0.717, 1.165) is 31.1 Å². The van der Waals surface area contributed by atoms with Crippen molar-refractivity contribution >= 4 is 0 Å². The van der Waals surface area contributed by atoms with E-state index in [-0.39, 0.29) is 5.41 Å². The average Bonchev–Trinajstić information content (AvgIpc) is 3.21. The molecular weight excluding hydrogens is 238 g/mol. The topological polar surface area (TPSA) is 44.5 Å². The molecule has 2 atom stereocenters. The average molecular weight is 261 g/mol. The third kappa shape index (κ3) is 2.37. The molecule has 1 aromatic rings. The second-order valence-electron chi connectivity index (χ2n) is 5.93. The molecule has 3 heteroatoms. The van der Waals surface area contributed by atoms with Crippen molar-refractivity contribution < 1.29 is 9.47 Å². The lowest BCUT2D eigenvalue weighted by Gasteiger charge is -2.33. The zero-order chi connectivity index (χ0) is 13.3. The van der Waals surface area contributed by atoms with Crippen molar-refractivity contribution in [3.63, 3.8) is 0 Å². The number of para-hydroxylation sites is 1. The summed E-state index contributed by atoms with van der Waals surface area (Å²) in [5, 5.41) is 0. The molecule has 1 heterocycles. The summed E-state index contributed by atoms with van der Waals surface area (Å²) in [5.74, 6) is 1.71. The van der Waals surface area contributed by atoms with Gasteiger partial charge in [-0.3, -0.25) is 0 Å². The predicted octanol–water partition coefficient (Wildman–Crippen LogP) is 2.38. The molecule has 0 amide bonds. The lowest BCUT2D eigenvalue weighted by molar-refractivity contribution is 0.0343. The second kappa shape index (κ2) is 5.14. The van der Waals surface area contributed by atoms with Crippen molar-refractivity contribution in [2.24, 2.45) is 17.1 Å². The molecule has 1 saturated carbocycles. The SMILES string of the molecule is COc1ccccc1CC1(CN)CCOC1C1CC1. The van der Waals surface area contributed by atoms with Gasteiger partial charge in [0.2, 0.25) is 0 Å². The van der Waals surface area contributed by atoms with Crippen molar-refractivity contribution in [1.29, 1.82) is 0 Å². The fourth-order valence-corrected chi connectivity index (χ4v) is 3.45. The molecule has 3 rings (SSSR count). The van der Waals surface area contributed by atoms with Crippen LogP contribution >= 0.6 is 0 Å². The fourth-order valence-electron chi connectivity index (χ4n) is 3.45. The van der Waals surface area contributed by atoms with Gasteiger partial charge >= 0.3 is 0 Å². The molecule has 1 saturated heterocycles. The molecule has 1 aromatic carbocycles. The van der Waals surface area contributed by atoms with Crippen LogP contribution in [-0.4, -0.2) is 26.4 Å². The van der Waals surface area contributed by atoms with Gasteiger partial charge in [0.25, 0.3) is 0 Å². The molecule has 2 aliphatic rings. The number of benzene rings is 1. The van der Waals surface area contributed by atoms with Crippen LogP contribution in [0.5, 0.6) is 5.75 Å². The summed E-state index contributed by atoms with van der Waals surface area (Å²) in [7, 11) is 1.73. The molecule has 19 heavy (non-hydrogen) atoms. The largest absolute Gasteiger partial charge is 0.496 e. The number of rotatable bonds is 5. The van der Waals surface area contributed by atoms with Gasteiger partial charge in [-0.2, -0.15) is 0 Å². The number of hydrogen-bond acceptors (Lipinski definition) is 3. The molecular formula is C16H23NO2. The van der Waals surface area contributed by atoms with E-state index in [2.05, 4.69) is 12.1 Å². The number of ether oxygens (including phenoxy) is 2. The normalized spacial score (nSPS) is 30.5. The maximum absolute atomic E-state index is 6.14. The third-order valence-electron chi connectivity index (χ3n) is 4.69. The maximum atomic E-state index is 6.14. The van der Waals surface area contributed by atoms with E-state index < -0.39 is 0 Å². The zero-order valence-electron chi connectivity index (χ0n) is 11.6. The Kier molecular flexibility index (Phi) is 3.50. The molecule has 0 bridgehead atoms. The van der Waals surface area contributed by atoms with Crippen LogP contribution < -0.4 is 10.5 Å². The highest BCUT2D eigenvalue weighted by atomic mass is 16.5. The monoisotopic (exact) mass is 261 g/mol. The van der Waals surface area contributed by atoms with Crippen molar-refractivity contribution in [1.82, 2.24) is 0 Å². The first kappa shape index (κ1) is 12.9. The first-order chi connectivity index (χ1) is 9.29. The van der Waals surface area contributed by atoms with Gasteiger partial charge in [0.1, 0.15) is 5.75 Å². The van der Waals surface area contributed by atoms with E-state index in [1.165, 1.54) is 18.4 Å².